The molecule has 0 amide bonds. The molecule has 0 aromatic heterocycles. The lowest BCUT2D eigenvalue weighted by molar-refractivity contribution is 0.603. The highest BCUT2D eigenvalue weighted by Crippen LogP contribution is 2.05. The van der Waals surface area contributed by atoms with Crippen molar-refractivity contribution in [3.05, 3.63) is 0 Å². The molecule has 0 N–H and O–H groups in total. The fourth-order valence-electron chi connectivity index (χ4n) is 0.168. The summed E-state index contributed by atoms with van der Waals surface area (Å²) in [6.45, 7) is 0. The Bertz CT molecular complexity index is 242. The summed E-state index contributed by atoms with van der Waals surface area (Å²) < 4.78 is 39.8. The maximum atomic E-state index is 9.95. The molecule has 9 heavy (non-hydrogen) atoms. The van der Waals surface area contributed by atoms with Gasteiger partial charge < -0.3 is 0 Å². The molecule has 0 rings (SSSR count). The Hall–Kier alpha value is 0.480. The molecular weight excluding hydrogens is 211 g/mol. The van der Waals surface area contributed by atoms with Crippen molar-refractivity contribution in [1.29, 1.82) is 0 Å². The average Bonchev–Trinajstić information content (AvgIpc) is 1.14. The normalized spacial score (nSPS) is 13.6. The van der Waals surface area contributed by atoms with Gasteiger partial charge >= 0.3 is 0 Å². The first kappa shape index (κ1) is 9.48. The lowest BCUT2D eigenvalue weighted by Crippen LogP contribution is -2.04. The first-order chi connectivity index (χ1) is 3.71. The van der Waals surface area contributed by atoms with Crippen LogP contribution < -0.4 is 0 Å². The largest absolute Gasteiger partial charge is 0.248 e. The van der Waals surface area contributed by atoms with Crippen LogP contribution in [-0.2, 0) is 18.1 Å². The predicted molar refractivity (Wildman–Crippen MR) is 34.4 cm³/mol. The zero-order valence-corrected chi connectivity index (χ0v) is 7.06. The molecule has 0 aromatic rings. The predicted octanol–water partition coefficient (Wildman–Crippen LogP) is 0.0811. The molecule has 4 nitrogen and oxygen atoms in total. The van der Waals surface area contributed by atoms with Crippen molar-refractivity contribution in [2.75, 3.05) is 5.08 Å². The Kier molecular flexibility index (Phi) is 2.75. The minimum Gasteiger partial charge on any atom is -0.211 e. The second kappa shape index (κ2) is 2.61. The van der Waals surface area contributed by atoms with Crippen molar-refractivity contribution in [3.63, 3.8) is 0 Å². The Labute approximate surface area is 61.6 Å². The van der Waals surface area contributed by atoms with E-state index in [2.05, 4.69) is 21.4 Å². The van der Waals surface area contributed by atoms with Gasteiger partial charge in [-0.1, -0.05) is 0 Å². The molecule has 56 valence electrons. The van der Waals surface area contributed by atoms with Gasteiger partial charge in [-0.15, -0.1) is 0 Å². The third kappa shape index (κ3) is 8.48. The highest BCUT2D eigenvalue weighted by atomic mass is 35.7. The van der Waals surface area contributed by atoms with Crippen molar-refractivity contribution in [2.24, 2.45) is 0 Å². The molecule has 0 saturated heterocycles. The van der Waals surface area contributed by atoms with Crippen molar-refractivity contribution in [3.8, 4) is 0 Å². The Morgan fingerprint density at radius 3 is 1.11 bits per heavy atom. The highest BCUT2D eigenvalue weighted by molar-refractivity contribution is 8.28. The van der Waals surface area contributed by atoms with E-state index in [1.165, 1.54) is 0 Å². The van der Waals surface area contributed by atoms with E-state index in [-0.39, 0.29) is 0 Å². The number of halogens is 2. The van der Waals surface area contributed by atoms with Gasteiger partial charge in [0.25, 0.3) is 0 Å². The number of hydrogen-bond donors (Lipinski definition) is 0. The van der Waals surface area contributed by atoms with Crippen LogP contribution in [0.25, 0.3) is 0 Å². The van der Waals surface area contributed by atoms with Crippen molar-refractivity contribution in [1.82, 2.24) is 0 Å². The third-order valence-electron chi connectivity index (χ3n) is 0.282. The summed E-state index contributed by atoms with van der Waals surface area (Å²) in [5.74, 6) is 0. The summed E-state index contributed by atoms with van der Waals surface area (Å²) in [5.41, 5.74) is 0. The maximum Gasteiger partial charge on any atom is 0.248 e. The standard InChI is InChI=1S/CH2Cl2O4S2/c2-8(4,5)1-9(3,6)7/h1H2. The number of hydrogen-bond acceptors (Lipinski definition) is 4. The molecule has 8 heteroatoms. The smallest absolute Gasteiger partial charge is 0.211 e. The van der Waals surface area contributed by atoms with Crippen LogP contribution >= 0.6 is 21.4 Å². The Morgan fingerprint density at radius 2 is 1.11 bits per heavy atom. The fourth-order valence-corrected chi connectivity index (χ4v) is 4.03. The summed E-state index contributed by atoms with van der Waals surface area (Å²) in [6.07, 6.45) is 0. The van der Waals surface area contributed by atoms with E-state index in [9.17, 15) is 16.8 Å². The summed E-state index contributed by atoms with van der Waals surface area (Å²) >= 11 is 0. The SMILES string of the molecule is O=S(=O)(Cl)CS(=O)(=O)Cl. The van der Waals surface area contributed by atoms with E-state index in [1.54, 1.807) is 0 Å². The minimum absolute atomic E-state index is 1.23. The van der Waals surface area contributed by atoms with E-state index in [0.717, 1.165) is 0 Å². The van der Waals surface area contributed by atoms with Gasteiger partial charge in [-0.3, -0.25) is 0 Å². The van der Waals surface area contributed by atoms with Crippen LogP contribution in [-0.4, -0.2) is 21.9 Å². The van der Waals surface area contributed by atoms with Gasteiger partial charge in [-0.25, -0.2) is 16.8 Å². The van der Waals surface area contributed by atoms with Crippen LogP contribution in [0.4, 0.5) is 0 Å². The van der Waals surface area contributed by atoms with E-state index in [0.29, 0.717) is 0 Å². The van der Waals surface area contributed by atoms with Crippen LogP contribution in [0.3, 0.4) is 0 Å². The Morgan fingerprint density at radius 1 is 0.889 bits per heavy atom. The van der Waals surface area contributed by atoms with Crippen LogP contribution in [0.2, 0.25) is 0 Å². The summed E-state index contributed by atoms with van der Waals surface area (Å²) in [6, 6.07) is 0. The summed E-state index contributed by atoms with van der Waals surface area (Å²) in [7, 11) is 0.994. The van der Waals surface area contributed by atoms with Gasteiger partial charge in [0.15, 0.2) is 5.08 Å². The van der Waals surface area contributed by atoms with Gasteiger partial charge in [-0.2, -0.15) is 0 Å². The lowest BCUT2D eigenvalue weighted by atomic mass is 11.9. The topological polar surface area (TPSA) is 68.3 Å². The molecule has 0 radical (unpaired) electrons. The third-order valence-corrected chi connectivity index (χ3v) is 4.14. The van der Waals surface area contributed by atoms with Crippen molar-refractivity contribution < 1.29 is 16.8 Å². The average molecular weight is 213 g/mol. The molecule has 0 spiro atoms. The van der Waals surface area contributed by atoms with E-state index in [1.807, 2.05) is 0 Å². The minimum atomic E-state index is -4.03. The molecule has 0 bridgehead atoms. The maximum absolute atomic E-state index is 9.95. The summed E-state index contributed by atoms with van der Waals surface area (Å²) in [5, 5.41) is -1.23. The molecule has 0 heterocycles. The van der Waals surface area contributed by atoms with Gasteiger partial charge in [0, 0.05) is 21.4 Å². The van der Waals surface area contributed by atoms with Crippen molar-refractivity contribution >= 4 is 39.5 Å². The lowest BCUT2D eigenvalue weighted by Gasteiger charge is -1.86. The van der Waals surface area contributed by atoms with Crippen LogP contribution in [0.15, 0.2) is 0 Å². The molecule has 0 unspecified atom stereocenters. The molecular formula is CH2Cl2O4S2. The molecule has 0 aromatic carbocycles. The second-order valence-corrected chi connectivity index (χ2v) is 7.11. The first-order valence-electron chi connectivity index (χ1n) is 1.55. The second-order valence-electron chi connectivity index (χ2n) is 1.20. The Balaban J connectivity index is 4.46. The van der Waals surface area contributed by atoms with Crippen molar-refractivity contribution in [2.45, 2.75) is 0 Å². The van der Waals surface area contributed by atoms with E-state index in [4.69, 9.17) is 0 Å². The zero-order valence-electron chi connectivity index (χ0n) is 3.91. The first-order valence-corrected chi connectivity index (χ1v) is 6.51. The van der Waals surface area contributed by atoms with Gasteiger partial charge in [0.1, 0.15) is 0 Å². The van der Waals surface area contributed by atoms with Gasteiger partial charge in [0.05, 0.1) is 0 Å². The molecule has 0 aliphatic carbocycles. The monoisotopic (exact) mass is 212 g/mol. The van der Waals surface area contributed by atoms with Crippen LogP contribution in [0, 0.1) is 0 Å². The number of rotatable bonds is 2. The van der Waals surface area contributed by atoms with Gasteiger partial charge in [-0.05, 0) is 0 Å². The molecule has 0 saturated carbocycles. The fraction of sp³-hybridized carbons (Fsp3) is 1.00. The zero-order chi connectivity index (χ0) is 7.71. The molecule has 0 aliphatic heterocycles. The molecule has 0 atom stereocenters. The quantitative estimate of drug-likeness (QED) is 0.609. The van der Waals surface area contributed by atoms with E-state index >= 15 is 0 Å². The van der Waals surface area contributed by atoms with Crippen LogP contribution in [0.1, 0.15) is 0 Å². The van der Waals surface area contributed by atoms with Gasteiger partial charge in [0.2, 0.25) is 18.1 Å². The highest BCUT2D eigenvalue weighted by Gasteiger charge is 2.16. The molecule has 0 fully saturated rings. The molecule has 0 aliphatic rings. The van der Waals surface area contributed by atoms with E-state index < -0.39 is 23.2 Å². The van der Waals surface area contributed by atoms with Crippen LogP contribution in [0.5, 0.6) is 0 Å². The summed E-state index contributed by atoms with van der Waals surface area (Å²) in [4.78, 5) is 0.